The van der Waals surface area contributed by atoms with Crippen molar-refractivity contribution in [1.29, 1.82) is 0 Å². The predicted molar refractivity (Wildman–Crippen MR) is 70.5 cm³/mol. The topological polar surface area (TPSA) is 95.6 Å². The van der Waals surface area contributed by atoms with Crippen LogP contribution in [0.3, 0.4) is 0 Å². The maximum atomic E-state index is 11.4. The van der Waals surface area contributed by atoms with Gasteiger partial charge in [0.15, 0.2) is 0 Å². The van der Waals surface area contributed by atoms with Crippen LogP contribution in [0.5, 0.6) is 0 Å². The summed E-state index contributed by atoms with van der Waals surface area (Å²) in [7, 11) is 0. The molecule has 8 heteroatoms. The van der Waals surface area contributed by atoms with Crippen LogP contribution in [0.15, 0.2) is 0 Å². The molecule has 4 amide bonds. The molecule has 0 aliphatic carbocycles. The van der Waals surface area contributed by atoms with Crippen LogP contribution in [0, 0.1) is 0 Å². The van der Waals surface area contributed by atoms with Gasteiger partial charge in [-0.25, -0.2) is 0 Å². The molecule has 1 heterocycles. The first kappa shape index (κ1) is 15.5. The Morgan fingerprint density at radius 1 is 1.21 bits per heavy atom. The highest BCUT2D eigenvalue weighted by Crippen LogP contribution is 2.17. The third-order valence-electron chi connectivity index (χ3n) is 2.48. The van der Waals surface area contributed by atoms with E-state index in [2.05, 4.69) is 10.6 Å². The first-order valence-corrected chi connectivity index (χ1v) is 7.08. The van der Waals surface area contributed by atoms with E-state index in [1.165, 1.54) is 0 Å². The third-order valence-corrected chi connectivity index (χ3v) is 3.34. The summed E-state index contributed by atoms with van der Waals surface area (Å²) in [6.07, 6.45) is 1.74. The molecule has 0 saturated carbocycles. The van der Waals surface area contributed by atoms with E-state index in [1.807, 2.05) is 6.92 Å². The third kappa shape index (κ3) is 4.90. The second-order valence-corrected chi connectivity index (χ2v) is 4.89. The Kier molecular flexibility index (Phi) is 6.34. The van der Waals surface area contributed by atoms with Gasteiger partial charge in [0.25, 0.3) is 5.24 Å². The van der Waals surface area contributed by atoms with E-state index in [9.17, 15) is 19.2 Å². The molecule has 19 heavy (non-hydrogen) atoms. The molecule has 0 atom stereocenters. The summed E-state index contributed by atoms with van der Waals surface area (Å²) in [6.45, 7) is 2.62. The van der Waals surface area contributed by atoms with E-state index in [0.29, 0.717) is 6.54 Å². The van der Waals surface area contributed by atoms with E-state index in [0.717, 1.165) is 29.5 Å². The number of hydrogen-bond donors (Lipinski definition) is 2. The molecule has 0 spiro atoms. The Hall–Kier alpha value is -1.57. The maximum absolute atomic E-state index is 11.4. The average Bonchev–Trinajstić information content (AvgIpc) is 2.70. The van der Waals surface area contributed by atoms with Gasteiger partial charge in [0, 0.05) is 19.6 Å². The number of carbonyl (C=O) groups is 4. The number of unbranched alkanes of at least 4 members (excludes halogenated alkanes) is 1. The molecule has 7 nitrogen and oxygen atoms in total. The van der Waals surface area contributed by atoms with Gasteiger partial charge in [0.1, 0.15) is 0 Å². The molecule has 106 valence electrons. The van der Waals surface area contributed by atoms with Crippen LogP contribution >= 0.6 is 11.8 Å². The molecular formula is C11H17N3O4S. The molecule has 1 rings (SSSR count). The lowest BCUT2D eigenvalue weighted by molar-refractivity contribution is -0.139. The minimum Gasteiger partial charge on any atom is -0.348 e. The fraction of sp³-hybridized carbons (Fsp3) is 0.636. The van der Waals surface area contributed by atoms with Gasteiger partial charge in [-0.3, -0.25) is 24.1 Å². The highest BCUT2D eigenvalue weighted by atomic mass is 32.2. The molecule has 0 unspecified atom stereocenters. The van der Waals surface area contributed by atoms with Crippen LogP contribution in [0.1, 0.15) is 19.8 Å². The Morgan fingerprint density at radius 3 is 2.37 bits per heavy atom. The fourth-order valence-electron chi connectivity index (χ4n) is 1.42. The lowest BCUT2D eigenvalue weighted by Crippen LogP contribution is -2.43. The smallest absolute Gasteiger partial charge is 0.309 e. The summed E-state index contributed by atoms with van der Waals surface area (Å²) in [5.41, 5.74) is 0. The van der Waals surface area contributed by atoms with Crippen molar-refractivity contribution in [3.63, 3.8) is 0 Å². The van der Waals surface area contributed by atoms with Gasteiger partial charge in [-0.05, 0) is 6.42 Å². The number of imide groups is 1. The van der Waals surface area contributed by atoms with Crippen molar-refractivity contribution in [3.8, 4) is 0 Å². The molecule has 1 saturated heterocycles. The summed E-state index contributed by atoms with van der Waals surface area (Å²) >= 11 is 0.938. The molecule has 1 aliphatic heterocycles. The minimum absolute atomic E-state index is 0.0814. The SMILES string of the molecule is CCCCNC(=O)C(=O)NCCN1C(=O)CSC1=O. The molecular weight excluding hydrogens is 270 g/mol. The number of rotatable bonds is 6. The molecule has 0 aromatic heterocycles. The monoisotopic (exact) mass is 287 g/mol. The molecule has 0 aromatic rings. The molecule has 0 bridgehead atoms. The van der Waals surface area contributed by atoms with Gasteiger partial charge < -0.3 is 10.6 Å². The number of nitrogens with one attached hydrogen (secondary N) is 2. The van der Waals surface area contributed by atoms with Crippen molar-refractivity contribution in [2.24, 2.45) is 0 Å². The largest absolute Gasteiger partial charge is 0.348 e. The maximum Gasteiger partial charge on any atom is 0.309 e. The number of nitrogens with zero attached hydrogens (tertiary/aromatic N) is 1. The highest BCUT2D eigenvalue weighted by molar-refractivity contribution is 8.14. The summed E-state index contributed by atoms with van der Waals surface area (Å²) < 4.78 is 0. The van der Waals surface area contributed by atoms with Crippen molar-refractivity contribution in [3.05, 3.63) is 0 Å². The predicted octanol–water partition coefficient (Wildman–Crippen LogP) is -0.286. The van der Waals surface area contributed by atoms with Crippen LogP contribution in [-0.2, 0) is 14.4 Å². The summed E-state index contributed by atoms with van der Waals surface area (Å²) in [4.78, 5) is 46.2. The standard InChI is InChI=1S/C11H17N3O4S/c1-2-3-4-12-9(16)10(17)13-5-6-14-8(15)7-19-11(14)18/h2-7H2,1H3,(H,12,16)(H,13,17). The minimum atomic E-state index is -0.747. The van der Waals surface area contributed by atoms with Gasteiger partial charge in [-0.1, -0.05) is 25.1 Å². The van der Waals surface area contributed by atoms with Gasteiger partial charge in [0.2, 0.25) is 5.91 Å². The normalized spacial score (nSPS) is 14.7. The van der Waals surface area contributed by atoms with Crippen LogP contribution in [0.4, 0.5) is 4.79 Å². The fourth-order valence-corrected chi connectivity index (χ4v) is 2.17. The highest BCUT2D eigenvalue weighted by Gasteiger charge is 2.29. The zero-order valence-electron chi connectivity index (χ0n) is 10.7. The summed E-state index contributed by atoms with van der Waals surface area (Å²) in [5, 5.41) is 4.53. The molecule has 1 fully saturated rings. The number of amides is 4. The van der Waals surface area contributed by atoms with Gasteiger partial charge in [0.05, 0.1) is 5.75 Å². The molecule has 0 aromatic carbocycles. The Bertz CT molecular complexity index is 370. The number of carbonyl (C=O) groups excluding carboxylic acids is 4. The number of hydrogen-bond acceptors (Lipinski definition) is 5. The van der Waals surface area contributed by atoms with E-state index >= 15 is 0 Å². The van der Waals surface area contributed by atoms with Crippen molar-refractivity contribution in [2.75, 3.05) is 25.4 Å². The average molecular weight is 287 g/mol. The second kappa shape index (κ2) is 7.78. The van der Waals surface area contributed by atoms with Gasteiger partial charge in [-0.15, -0.1) is 0 Å². The van der Waals surface area contributed by atoms with E-state index in [4.69, 9.17) is 0 Å². The number of thioether (sulfide) groups is 1. The first-order chi connectivity index (χ1) is 9.06. The lowest BCUT2D eigenvalue weighted by atomic mass is 10.3. The van der Waals surface area contributed by atoms with E-state index in [-0.39, 0.29) is 30.0 Å². The summed E-state index contributed by atoms with van der Waals surface area (Å²) in [5.74, 6) is -1.56. The summed E-state index contributed by atoms with van der Waals surface area (Å²) in [6, 6.07) is 0. The van der Waals surface area contributed by atoms with Crippen molar-refractivity contribution < 1.29 is 19.2 Å². The Balaban J connectivity index is 2.21. The van der Waals surface area contributed by atoms with E-state index < -0.39 is 11.8 Å². The van der Waals surface area contributed by atoms with Crippen LogP contribution in [-0.4, -0.2) is 53.2 Å². The molecule has 1 aliphatic rings. The van der Waals surface area contributed by atoms with Crippen molar-refractivity contribution in [1.82, 2.24) is 15.5 Å². The lowest BCUT2D eigenvalue weighted by Gasteiger charge is -2.12. The molecule has 2 N–H and O–H groups in total. The van der Waals surface area contributed by atoms with Gasteiger partial charge >= 0.3 is 11.8 Å². The quantitative estimate of drug-likeness (QED) is 0.517. The van der Waals surface area contributed by atoms with E-state index in [1.54, 1.807) is 0 Å². The van der Waals surface area contributed by atoms with Crippen molar-refractivity contribution >= 4 is 34.7 Å². The van der Waals surface area contributed by atoms with Gasteiger partial charge in [-0.2, -0.15) is 0 Å². The Morgan fingerprint density at radius 2 is 1.84 bits per heavy atom. The van der Waals surface area contributed by atoms with Crippen LogP contribution < -0.4 is 10.6 Å². The first-order valence-electron chi connectivity index (χ1n) is 6.09. The second-order valence-electron chi connectivity index (χ2n) is 3.97. The molecule has 0 radical (unpaired) electrons. The van der Waals surface area contributed by atoms with Crippen molar-refractivity contribution in [2.45, 2.75) is 19.8 Å². The van der Waals surface area contributed by atoms with Crippen LogP contribution in [0.25, 0.3) is 0 Å². The Labute approximate surface area is 115 Å². The zero-order valence-corrected chi connectivity index (χ0v) is 11.5. The zero-order chi connectivity index (χ0) is 14.3. The van der Waals surface area contributed by atoms with Crippen LogP contribution in [0.2, 0.25) is 0 Å².